The van der Waals surface area contributed by atoms with Crippen LogP contribution >= 0.6 is 0 Å². The zero-order valence-corrected chi connectivity index (χ0v) is 35.5. The summed E-state index contributed by atoms with van der Waals surface area (Å²) in [7, 11) is 0. The van der Waals surface area contributed by atoms with E-state index < -0.39 is 11.9 Å². The monoisotopic (exact) mass is 820 g/mol. The van der Waals surface area contributed by atoms with Gasteiger partial charge in [0.25, 0.3) is 0 Å². The number of carbonyl (C=O) groups is 2. The molecule has 0 N–H and O–H groups in total. The van der Waals surface area contributed by atoms with Crippen LogP contribution in [0.4, 0.5) is 0 Å². The number of carbonyl (C=O) groups excluding carboxylic acids is 2. The molecule has 5 heterocycles. The van der Waals surface area contributed by atoms with Crippen LogP contribution in [0.2, 0.25) is 0 Å². The van der Waals surface area contributed by atoms with Crippen LogP contribution in [0.1, 0.15) is 47.8 Å². The first-order chi connectivity index (χ1) is 28.5. The topological polar surface area (TPSA) is 107 Å². The van der Waals surface area contributed by atoms with Gasteiger partial charge in [-0.1, -0.05) is 109 Å². The summed E-state index contributed by atoms with van der Waals surface area (Å²) in [4.78, 5) is 46.4. The van der Waals surface area contributed by atoms with Gasteiger partial charge >= 0.3 is 31.4 Å². The van der Waals surface area contributed by atoms with Crippen molar-refractivity contribution in [2.24, 2.45) is 0 Å². The van der Waals surface area contributed by atoms with Crippen LogP contribution < -0.4 is 9.97 Å². The number of fused-ring (bicyclic) bond motifs is 10. The normalized spacial score (nSPS) is 12.1. The molecule has 0 aliphatic carbocycles. The first-order valence-corrected chi connectivity index (χ1v) is 19.2. The molecule has 59 heavy (non-hydrogen) atoms. The molecule has 2 aliphatic heterocycles. The molecule has 8 nitrogen and oxygen atoms in total. The number of nitrogens with zero attached hydrogens (tertiary/aromatic N) is 4. The van der Waals surface area contributed by atoms with Crippen molar-refractivity contribution >= 4 is 92.0 Å². The van der Waals surface area contributed by atoms with E-state index >= 15 is 0 Å². The van der Waals surface area contributed by atoms with Crippen molar-refractivity contribution in [3.05, 3.63) is 155 Å². The maximum atomic E-state index is 12.7. The fourth-order valence-corrected chi connectivity index (χ4v) is 7.59. The number of ether oxygens (including phenoxy) is 2. The van der Waals surface area contributed by atoms with E-state index in [1.54, 1.807) is 26.0 Å². The van der Waals surface area contributed by atoms with E-state index in [9.17, 15) is 9.59 Å². The van der Waals surface area contributed by atoms with E-state index in [0.717, 1.165) is 43.8 Å². The molecule has 4 aromatic carbocycles. The second kappa shape index (κ2) is 16.9. The maximum absolute atomic E-state index is 12.7. The Kier molecular flexibility index (Phi) is 11.1. The van der Waals surface area contributed by atoms with Crippen molar-refractivity contribution in [1.82, 2.24) is 19.9 Å². The fraction of sp³-hybridized carbons (Fsp3) is 0.0800. The number of hydrogen-bond donors (Lipinski definition) is 0. The molecule has 7 aromatic rings. The molecule has 0 spiro atoms. The van der Waals surface area contributed by atoms with Gasteiger partial charge in [0.15, 0.2) is 0 Å². The summed E-state index contributed by atoms with van der Waals surface area (Å²) in [6.45, 7) is 4.06. The summed E-state index contributed by atoms with van der Waals surface area (Å²) in [6.07, 6.45) is 14.1. The van der Waals surface area contributed by atoms with Crippen molar-refractivity contribution in [1.29, 1.82) is 0 Å². The molecule has 0 saturated carbocycles. The van der Waals surface area contributed by atoms with Gasteiger partial charge in [-0.2, -0.15) is 0 Å². The van der Waals surface area contributed by atoms with Crippen molar-refractivity contribution in [3.63, 3.8) is 0 Å². The van der Waals surface area contributed by atoms with Gasteiger partial charge in [0.05, 0.1) is 36.0 Å². The summed E-state index contributed by atoms with van der Waals surface area (Å²) in [5.74, 6) is -0.921. The Morgan fingerprint density at radius 3 is 1.34 bits per heavy atom. The van der Waals surface area contributed by atoms with Gasteiger partial charge < -0.3 is 19.4 Å². The average Bonchev–Trinajstić information content (AvgIpc) is 4.09. The molecule has 2 aliphatic rings. The minimum absolute atomic E-state index is 0. The van der Waals surface area contributed by atoms with Crippen LogP contribution in [0, 0.1) is 0 Å². The first-order valence-electron chi connectivity index (χ1n) is 19.2. The summed E-state index contributed by atoms with van der Waals surface area (Å²) in [6, 6.07) is 36.7. The standard InChI is InChI=1S/C50H37N4O4.Zn/c1-3-57-47(55)29-19-37-39-21-25-43(51-39)49(35-17-9-13-31-11-5-7-15-33(31)35)45-27-23-41(53-45)38(20-30-48(56)58-4-2)42-24-28-46(54-42)50(44-26-22-40(37)52-44)36-18-10-14-32-12-6-8-16-34(32)36;/h5-30H,3-4H2,1-2H3,(H-,51,52,53,54,55,56);/q-1;+2/p-1. The molecule has 3 aromatic heterocycles. The van der Waals surface area contributed by atoms with E-state index in [1.807, 2.05) is 85.0 Å². The van der Waals surface area contributed by atoms with E-state index in [1.165, 1.54) is 12.2 Å². The number of aromatic nitrogens is 4. The molecule has 0 unspecified atom stereocenters. The van der Waals surface area contributed by atoms with Gasteiger partial charge in [-0.3, -0.25) is 0 Å². The fourth-order valence-electron chi connectivity index (χ4n) is 7.59. The van der Waals surface area contributed by atoms with Gasteiger partial charge in [-0.15, -0.1) is 22.1 Å². The number of hydrogen-bond acceptors (Lipinski definition) is 6. The third kappa shape index (κ3) is 7.61. The second-order valence-electron chi connectivity index (χ2n) is 13.7. The van der Waals surface area contributed by atoms with E-state index in [4.69, 9.17) is 29.4 Å². The SMILES string of the molecule is CCOC(=O)/C=C/c1c2nc(c(-c3cccc4ccccc34)c3ccc([n-]3)c(/C=C/C(=O)OCC)c3nc(c(-c4cccc5ccccc45)c4ccc1[n-]4)C=C3)C=C2.[Zn+2]. The van der Waals surface area contributed by atoms with Crippen LogP contribution in [0.5, 0.6) is 0 Å². The molecular formula is C50H36N4O4Zn. The molecule has 0 saturated heterocycles. The smallest absolute Gasteiger partial charge is 0.657 e. The summed E-state index contributed by atoms with van der Waals surface area (Å²) < 4.78 is 10.6. The zero-order valence-electron chi connectivity index (χ0n) is 32.6. The molecule has 282 valence electrons. The Balaban J connectivity index is 0.00000484. The van der Waals surface area contributed by atoms with E-state index in [2.05, 4.69) is 48.5 Å². The zero-order chi connectivity index (χ0) is 39.6. The van der Waals surface area contributed by atoms with Crippen molar-refractivity contribution in [2.45, 2.75) is 13.8 Å². The van der Waals surface area contributed by atoms with Gasteiger partial charge in [0.2, 0.25) is 0 Å². The quantitative estimate of drug-likeness (QED) is 0.0847. The molecular weight excluding hydrogens is 786 g/mol. The second-order valence-corrected chi connectivity index (χ2v) is 13.7. The number of benzene rings is 4. The van der Waals surface area contributed by atoms with Gasteiger partial charge in [0.1, 0.15) is 0 Å². The van der Waals surface area contributed by atoms with Gasteiger partial charge in [-0.25, -0.2) is 19.6 Å². The van der Waals surface area contributed by atoms with Gasteiger partial charge in [-0.05, 0) is 105 Å². The Bertz CT molecular complexity index is 2880. The van der Waals surface area contributed by atoms with E-state index in [0.29, 0.717) is 56.0 Å². The maximum Gasteiger partial charge on any atom is 2.00 e. The van der Waals surface area contributed by atoms with Crippen LogP contribution in [-0.2, 0) is 38.5 Å². The molecule has 8 bridgehead atoms. The van der Waals surface area contributed by atoms with Crippen LogP contribution in [0.3, 0.4) is 0 Å². The minimum Gasteiger partial charge on any atom is -0.657 e. The predicted octanol–water partition coefficient (Wildman–Crippen LogP) is 10.7. The largest absolute Gasteiger partial charge is 2.00 e. The Morgan fingerprint density at radius 1 is 0.508 bits per heavy atom. The van der Waals surface area contributed by atoms with Crippen molar-refractivity contribution in [2.75, 3.05) is 13.2 Å². The Morgan fingerprint density at radius 2 is 0.898 bits per heavy atom. The van der Waals surface area contributed by atoms with Crippen LogP contribution in [-0.4, -0.2) is 35.1 Å². The number of rotatable bonds is 8. The minimum atomic E-state index is -0.460. The van der Waals surface area contributed by atoms with Crippen molar-refractivity contribution < 1.29 is 38.5 Å². The predicted molar refractivity (Wildman–Crippen MR) is 234 cm³/mol. The Labute approximate surface area is 353 Å². The first kappa shape index (κ1) is 38.9. The molecule has 0 atom stereocenters. The van der Waals surface area contributed by atoms with Crippen molar-refractivity contribution in [3.8, 4) is 22.3 Å². The van der Waals surface area contributed by atoms with Gasteiger partial charge in [0, 0.05) is 12.2 Å². The molecule has 9 heteroatoms. The van der Waals surface area contributed by atoms with E-state index in [-0.39, 0.29) is 32.7 Å². The summed E-state index contributed by atoms with van der Waals surface area (Å²) in [5, 5.41) is 4.24. The average molecular weight is 822 g/mol. The molecule has 9 rings (SSSR count). The third-order valence-electron chi connectivity index (χ3n) is 10.2. The summed E-state index contributed by atoms with van der Waals surface area (Å²) >= 11 is 0. The molecule has 0 fully saturated rings. The molecule has 0 radical (unpaired) electrons. The Hall–Kier alpha value is -6.96. The number of esters is 2. The van der Waals surface area contributed by atoms with Crippen LogP contribution in [0.15, 0.2) is 121 Å². The van der Waals surface area contributed by atoms with Crippen LogP contribution in [0.25, 0.3) is 102 Å². The third-order valence-corrected chi connectivity index (χ3v) is 10.2. The summed E-state index contributed by atoms with van der Waals surface area (Å²) in [5.41, 5.74) is 10.1. The molecule has 0 amide bonds.